The Morgan fingerprint density at radius 1 is 1.00 bits per heavy atom. The zero-order chi connectivity index (χ0) is 19.1. The lowest BCUT2D eigenvalue weighted by atomic mass is 10.1. The number of benzene rings is 2. The van der Waals surface area contributed by atoms with Crippen molar-refractivity contribution >= 4 is 28.8 Å². The van der Waals surface area contributed by atoms with Crippen LogP contribution in [0.4, 0.5) is 5.69 Å². The summed E-state index contributed by atoms with van der Waals surface area (Å²) in [7, 11) is 0. The van der Waals surface area contributed by atoms with Crippen molar-refractivity contribution in [2.24, 2.45) is 0 Å². The monoisotopic (exact) mass is 378 g/mol. The van der Waals surface area contributed by atoms with E-state index in [9.17, 15) is 9.59 Å². The number of rotatable bonds is 7. The van der Waals surface area contributed by atoms with Crippen molar-refractivity contribution in [1.29, 1.82) is 0 Å². The summed E-state index contributed by atoms with van der Waals surface area (Å²) in [5.74, 6) is -0.308. The van der Waals surface area contributed by atoms with Crippen molar-refractivity contribution in [2.45, 2.75) is 25.8 Å². The SMILES string of the molecule is CC(NC(=O)c1ccccc1NC(=O)CCc1ccsc1)c1ccccc1. The molecule has 1 aromatic heterocycles. The number of thiophene rings is 1. The van der Waals surface area contributed by atoms with Crippen LogP contribution in [0.1, 0.15) is 40.9 Å². The Kier molecular flexibility index (Phi) is 6.39. The Labute approximate surface area is 163 Å². The van der Waals surface area contributed by atoms with E-state index in [4.69, 9.17) is 0 Å². The number of nitrogens with one attached hydrogen (secondary N) is 2. The second-order valence-electron chi connectivity index (χ2n) is 6.33. The second-order valence-corrected chi connectivity index (χ2v) is 7.11. The fourth-order valence-corrected chi connectivity index (χ4v) is 3.50. The van der Waals surface area contributed by atoms with Gasteiger partial charge in [0.25, 0.3) is 5.91 Å². The van der Waals surface area contributed by atoms with Crippen LogP contribution in [-0.2, 0) is 11.2 Å². The van der Waals surface area contributed by atoms with Crippen LogP contribution in [0.3, 0.4) is 0 Å². The number of hydrogen-bond donors (Lipinski definition) is 2. The molecule has 0 aliphatic carbocycles. The first-order chi connectivity index (χ1) is 13.1. The van der Waals surface area contributed by atoms with Crippen LogP contribution in [0.5, 0.6) is 0 Å². The van der Waals surface area contributed by atoms with Gasteiger partial charge in [-0.25, -0.2) is 0 Å². The van der Waals surface area contributed by atoms with E-state index in [0.717, 1.165) is 11.1 Å². The van der Waals surface area contributed by atoms with Gasteiger partial charge in [0.15, 0.2) is 0 Å². The number of aryl methyl sites for hydroxylation is 1. The van der Waals surface area contributed by atoms with Gasteiger partial charge in [0.05, 0.1) is 17.3 Å². The van der Waals surface area contributed by atoms with Gasteiger partial charge in [-0.1, -0.05) is 42.5 Å². The van der Waals surface area contributed by atoms with Crippen LogP contribution in [0, 0.1) is 0 Å². The molecule has 1 atom stereocenters. The van der Waals surface area contributed by atoms with E-state index in [0.29, 0.717) is 24.1 Å². The Morgan fingerprint density at radius 3 is 2.48 bits per heavy atom. The van der Waals surface area contributed by atoms with Crippen molar-refractivity contribution in [3.63, 3.8) is 0 Å². The number of para-hydroxylation sites is 1. The molecule has 0 radical (unpaired) electrons. The quantitative estimate of drug-likeness (QED) is 0.620. The number of amides is 2. The van der Waals surface area contributed by atoms with Crippen molar-refractivity contribution in [3.8, 4) is 0 Å². The topological polar surface area (TPSA) is 58.2 Å². The predicted octanol–water partition coefficient (Wildman–Crippen LogP) is 4.81. The standard InChI is InChI=1S/C22H22N2O2S/c1-16(18-7-3-2-4-8-18)23-22(26)19-9-5-6-10-20(19)24-21(25)12-11-17-13-14-27-15-17/h2-10,13-16H,11-12H2,1H3,(H,23,26)(H,24,25). The molecule has 3 rings (SSSR count). The first-order valence-corrected chi connectivity index (χ1v) is 9.83. The van der Waals surface area contributed by atoms with Gasteiger partial charge >= 0.3 is 0 Å². The summed E-state index contributed by atoms with van der Waals surface area (Å²) in [4.78, 5) is 25.0. The highest BCUT2D eigenvalue weighted by Gasteiger charge is 2.16. The number of carbonyl (C=O) groups excluding carboxylic acids is 2. The highest BCUT2D eigenvalue weighted by molar-refractivity contribution is 7.07. The van der Waals surface area contributed by atoms with E-state index < -0.39 is 0 Å². The molecule has 1 heterocycles. The molecule has 3 aromatic rings. The normalized spacial score (nSPS) is 11.6. The molecule has 2 aromatic carbocycles. The summed E-state index contributed by atoms with van der Waals surface area (Å²) in [5, 5.41) is 9.90. The van der Waals surface area contributed by atoms with E-state index in [2.05, 4.69) is 10.6 Å². The van der Waals surface area contributed by atoms with E-state index in [1.54, 1.807) is 29.5 Å². The largest absolute Gasteiger partial charge is 0.345 e. The molecule has 0 aliphatic heterocycles. The third kappa shape index (κ3) is 5.28. The highest BCUT2D eigenvalue weighted by Crippen LogP contribution is 2.18. The Bertz CT molecular complexity index is 892. The molecule has 0 aliphatic rings. The van der Waals surface area contributed by atoms with Crippen molar-refractivity contribution < 1.29 is 9.59 Å². The minimum atomic E-state index is -0.208. The number of carbonyl (C=O) groups is 2. The van der Waals surface area contributed by atoms with E-state index in [-0.39, 0.29) is 17.9 Å². The van der Waals surface area contributed by atoms with Gasteiger partial charge in [-0.15, -0.1) is 0 Å². The number of anilines is 1. The minimum Gasteiger partial charge on any atom is -0.345 e. The van der Waals surface area contributed by atoms with Gasteiger partial charge in [0.2, 0.25) is 5.91 Å². The van der Waals surface area contributed by atoms with E-state index in [1.807, 2.05) is 60.1 Å². The lowest BCUT2D eigenvalue weighted by Crippen LogP contribution is -2.28. The van der Waals surface area contributed by atoms with E-state index >= 15 is 0 Å². The zero-order valence-electron chi connectivity index (χ0n) is 15.1. The molecule has 4 nitrogen and oxygen atoms in total. The third-order valence-corrected chi connectivity index (χ3v) is 5.05. The molecule has 0 spiro atoms. The fraction of sp³-hybridized carbons (Fsp3) is 0.182. The summed E-state index contributed by atoms with van der Waals surface area (Å²) in [6, 6.07) is 18.8. The second kappa shape index (κ2) is 9.14. The first-order valence-electron chi connectivity index (χ1n) is 8.89. The van der Waals surface area contributed by atoms with Gasteiger partial charge in [-0.3, -0.25) is 9.59 Å². The minimum absolute atomic E-state index is 0.0995. The van der Waals surface area contributed by atoms with Crippen LogP contribution >= 0.6 is 11.3 Å². The van der Waals surface area contributed by atoms with Crippen LogP contribution in [0.2, 0.25) is 0 Å². The molecular formula is C22H22N2O2S. The molecule has 2 amide bonds. The maximum atomic E-state index is 12.7. The van der Waals surface area contributed by atoms with E-state index in [1.165, 1.54) is 0 Å². The van der Waals surface area contributed by atoms with Crippen molar-refractivity contribution in [2.75, 3.05) is 5.32 Å². The lowest BCUT2D eigenvalue weighted by molar-refractivity contribution is -0.116. The van der Waals surface area contributed by atoms with Gasteiger partial charge in [-0.2, -0.15) is 11.3 Å². The van der Waals surface area contributed by atoms with Gasteiger partial charge in [-0.05, 0) is 53.4 Å². The molecule has 5 heteroatoms. The number of hydrogen-bond acceptors (Lipinski definition) is 3. The van der Waals surface area contributed by atoms with Crippen LogP contribution < -0.4 is 10.6 Å². The molecule has 27 heavy (non-hydrogen) atoms. The summed E-state index contributed by atoms with van der Waals surface area (Å²) in [6.45, 7) is 1.94. The molecular weight excluding hydrogens is 356 g/mol. The average Bonchev–Trinajstić information content (AvgIpc) is 3.21. The lowest BCUT2D eigenvalue weighted by Gasteiger charge is -2.16. The van der Waals surface area contributed by atoms with Crippen molar-refractivity contribution in [3.05, 3.63) is 88.1 Å². The maximum absolute atomic E-state index is 12.7. The maximum Gasteiger partial charge on any atom is 0.253 e. The Morgan fingerprint density at radius 2 is 1.74 bits per heavy atom. The van der Waals surface area contributed by atoms with Gasteiger partial charge in [0, 0.05) is 6.42 Å². The average molecular weight is 378 g/mol. The van der Waals surface area contributed by atoms with Crippen LogP contribution in [0.15, 0.2) is 71.4 Å². The predicted molar refractivity (Wildman–Crippen MR) is 110 cm³/mol. The molecule has 0 saturated heterocycles. The molecule has 1 unspecified atom stereocenters. The summed E-state index contributed by atoms with van der Waals surface area (Å²) in [5.41, 5.74) is 3.18. The van der Waals surface area contributed by atoms with Crippen LogP contribution in [-0.4, -0.2) is 11.8 Å². The highest BCUT2D eigenvalue weighted by atomic mass is 32.1. The Balaban J connectivity index is 1.64. The van der Waals surface area contributed by atoms with Gasteiger partial charge < -0.3 is 10.6 Å². The van der Waals surface area contributed by atoms with Crippen molar-refractivity contribution in [1.82, 2.24) is 5.32 Å². The molecule has 2 N–H and O–H groups in total. The molecule has 138 valence electrons. The molecule has 0 fully saturated rings. The smallest absolute Gasteiger partial charge is 0.253 e. The summed E-state index contributed by atoms with van der Waals surface area (Å²) in [6.07, 6.45) is 1.07. The first kappa shape index (κ1) is 18.9. The van der Waals surface area contributed by atoms with Crippen LogP contribution in [0.25, 0.3) is 0 Å². The molecule has 0 bridgehead atoms. The zero-order valence-corrected chi connectivity index (χ0v) is 16.0. The third-order valence-electron chi connectivity index (χ3n) is 4.31. The Hall–Kier alpha value is -2.92. The molecule has 0 saturated carbocycles. The fourth-order valence-electron chi connectivity index (χ4n) is 2.80. The van der Waals surface area contributed by atoms with Gasteiger partial charge in [0.1, 0.15) is 0 Å². The summed E-state index contributed by atoms with van der Waals surface area (Å²) >= 11 is 1.62. The summed E-state index contributed by atoms with van der Waals surface area (Å²) < 4.78 is 0.